The molecule has 5 nitrogen and oxygen atoms in total. The lowest BCUT2D eigenvalue weighted by Crippen LogP contribution is -2.52. The van der Waals surface area contributed by atoms with Gasteiger partial charge in [-0.3, -0.25) is 14.5 Å². The average molecular weight is 381 g/mol. The molecule has 0 aromatic heterocycles. The minimum absolute atomic E-state index is 0.0148. The first-order valence-corrected chi connectivity index (χ1v) is 9.76. The highest BCUT2D eigenvalue weighted by molar-refractivity contribution is 5.94. The first-order chi connectivity index (χ1) is 13.6. The van der Waals surface area contributed by atoms with Crippen LogP contribution < -0.4 is 5.32 Å². The quantitative estimate of drug-likeness (QED) is 0.866. The van der Waals surface area contributed by atoms with Crippen LogP contribution in [0.3, 0.4) is 0 Å². The second kappa shape index (κ2) is 8.10. The summed E-state index contributed by atoms with van der Waals surface area (Å²) in [6.07, 6.45) is 2.03. The highest BCUT2D eigenvalue weighted by Crippen LogP contribution is 2.26. The van der Waals surface area contributed by atoms with Crippen LogP contribution in [0.15, 0.2) is 54.6 Å². The summed E-state index contributed by atoms with van der Waals surface area (Å²) in [6, 6.07) is 15.2. The van der Waals surface area contributed by atoms with Crippen molar-refractivity contribution in [3.8, 4) is 0 Å². The van der Waals surface area contributed by atoms with E-state index in [4.69, 9.17) is 0 Å². The van der Waals surface area contributed by atoms with Gasteiger partial charge in [0.25, 0.3) is 5.91 Å². The Hall–Kier alpha value is -2.73. The van der Waals surface area contributed by atoms with E-state index in [1.165, 1.54) is 12.1 Å². The van der Waals surface area contributed by atoms with Crippen molar-refractivity contribution in [2.75, 3.05) is 26.2 Å². The monoisotopic (exact) mass is 381 g/mol. The van der Waals surface area contributed by atoms with Gasteiger partial charge in [-0.2, -0.15) is 0 Å². The van der Waals surface area contributed by atoms with Crippen LogP contribution in [0.4, 0.5) is 4.39 Å². The van der Waals surface area contributed by atoms with Crippen LogP contribution in [0.1, 0.15) is 34.8 Å². The van der Waals surface area contributed by atoms with E-state index in [2.05, 4.69) is 10.2 Å². The van der Waals surface area contributed by atoms with Crippen LogP contribution in [0.5, 0.6) is 0 Å². The van der Waals surface area contributed by atoms with Crippen LogP contribution in [0.25, 0.3) is 0 Å². The summed E-state index contributed by atoms with van der Waals surface area (Å²) in [5.74, 6) is -0.346. The molecule has 2 aliphatic rings. The maximum absolute atomic E-state index is 13.4. The van der Waals surface area contributed by atoms with Crippen molar-refractivity contribution < 1.29 is 14.0 Å². The highest BCUT2D eigenvalue weighted by atomic mass is 19.1. The summed E-state index contributed by atoms with van der Waals surface area (Å²) in [4.78, 5) is 29.5. The van der Waals surface area contributed by atoms with E-state index in [0.29, 0.717) is 31.7 Å². The number of carbonyl (C=O) groups excluding carboxylic acids is 2. The summed E-state index contributed by atoms with van der Waals surface area (Å²) >= 11 is 0. The Balaban J connectivity index is 1.46. The zero-order valence-electron chi connectivity index (χ0n) is 15.7. The topological polar surface area (TPSA) is 52.7 Å². The number of nitrogens with one attached hydrogen (secondary N) is 1. The third kappa shape index (κ3) is 4.22. The molecule has 0 spiro atoms. The molecular formula is C22H24FN3O2. The molecule has 2 fully saturated rings. The predicted molar refractivity (Wildman–Crippen MR) is 104 cm³/mol. The largest absolute Gasteiger partial charge is 0.352 e. The lowest BCUT2D eigenvalue weighted by molar-refractivity contribution is -0.127. The second-order valence-corrected chi connectivity index (χ2v) is 7.43. The molecule has 6 heteroatoms. The Labute approximate surface area is 164 Å². The van der Waals surface area contributed by atoms with Crippen molar-refractivity contribution in [3.05, 3.63) is 71.5 Å². The average Bonchev–Trinajstić information content (AvgIpc) is 3.54. The zero-order valence-corrected chi connectivity index (χ0v) is 15.7. The van der Waals surface area contributed by atoms with E-state index in [1.807, 2.05) is 35.2 Å². The Bertz CT molecular complexity index is 829. The summed E-state index contributed by atoms with van der Waals surface area (Å²) in [5, 5.41) is 3.07. The molecule has 1 aliphatic heterocycles. The SMILES string of the molecule is O=C(NC1CC1)C(c1ccc(F)cc1)N1CCN(C(=O)c2ccccc2)CC1. The van der Waals surface area contributed by atoms with E-state index in [9.17, 15) is 14.0 Å². The van der Waals surface area contributed by atoms with E-state index in [0.717, 1.165) is 18.4 Å². The van der Waals surface area contributed by atoms with E-state index >= 15 is 0 Å². The Morgan fingerprint density at radius 1 is 0.929 bits per heavy atom. The molecular weight excluding hydrogens is 357 g/mol. The molecule has 1 saturated heterocycles. The number of hydrogen-bond acceptors (Lipinski definition) is 3. The fraction of sp³-hybridized carbons (Fsp3) is 0.364. The van der Waals surface area contributed by atoms with Gasteiger partial charge in [0.2, 0.25) is 5.91 Å². The highest BCUT2D eigenvalue weighted by Gasteiger charge is 2.34. The van der Waals surface area contributed by atoms with Crippen LogP contribution >= 0.6 is 0 Å². The van der Waals surface area contributed by atoms with Crippen molar-refractivity contribution in [1.29, 1.82) is 0 Å². The number of amides is 2. The molecule has 0 bridgehead atoms. The number of piperazine rings is 1. The molecule has 1 saturated carbocycles. The van der Waals surface area contributed by atoms with Gasteiger partial charge in [-0.1, -0.05) is 30.3 Å². The van der Waals surface area contributed by atoms with Gasteiger partial charge < -0.3 is 10.2 Å². The number of rotatable bonds is 5. The van der Waals surface area contributed by atoms with Crippen molar-refractivity contribution in [1.82, 2.24) is 15.1 Å². The summed E-state index contributed by atoms with van der Waals surface area (Å²) < 4.78 is 13.4. The zero-order chi connectivity index (χ0) is 19.5. The van der Waals surface area contributed by atoms with Gasteiger partial charge in [0, 0.05) is 37.8 Å². The molecule has 28 heavy (non-hydrogen) atoms. The van der Waals surface area contributed by atoms with Crippen molar-refractivity contribution in [3.63, 3.8) is 0 Å². The summed E-state index contributed by atoms with van der Waals surface area (Å²) in [7, 11) is 0. The minimum atomic E-state index is -0.463. The van der Waals surface area contributed by atoms with Crippen LogP contribution in [-0.2, 0) is 4.79 Å². The number of nitrogens with zero attached hydrogens (tertiary/aromatic N) is 2. The molecule has 2 aromatic rings. The second-order valence-electron chi connectivity index (χ2n) is 7.43. The predicted octanol–water partition coefficient (Wildman–Crippen LogP) is 2.60. The van der Waals surface area contributed by atoms with Crippen molar-refractivity contribution in [2.45, 2.75) is 24.9 Å². The van der Waals surface area contributed by atoms with Crippen LogP contribution in [0.2, 0.25) is 0 Å². The smallest absolute Gasteiger partial charge is 0.253 e. The van der Waals surface area contributed by atoms with E-state index in [1.54, 1.807) is 12.1 Å². The summed E-state index contributed by atoms with van der Waals surface area (Å²) in [5.41, 5.74) is 1.46. The van der Waals surface area contributed by atoms with Crippen LogP contribution in [-0.4, -0.2) is 53.8 Å². The number of halogens is 1. The first kappa shape index (κ1) is 18.6. The maximum Gasteiger partial charge on any atom is 0.253 e. The molecule has 4 rings (SSSR count). The number of hydrogen-bond donors (Lipinski definition) is 1. The molecule has 0 radical (unpaired) electrons. The Kier molecular flexibility index (Phi) is 5.39. The van der Waals surface area contributed by atoms with Gasteiger partial charge in [0.05, 0.1) is 0 Å². The maximum atomic E-state index is 13.4. The van der Waals surface area contributed by atoms with E-state index in [-0.39, 0.29) is 23.7 Å². The van der Waals surface area contributed by atoms with Gasteiger partial charge in [-0.25, -0.2) is 4.39 Å². The molecule has 1 atom stereocenters. The lowest BCUT2D eigenvalue weighted by Gasteiger charge is -2.38. The molecule has 1 unspecified atom stereocenters. The molecule has 146 valence electrons. The number of carbonyl (C=O) groups is 2. The summed E-state index contributed by atoms with van der Waals surface area (Å²) in [6.45, 7) is 2.31. The van der Waals surface area contributed by atoms with Crippen molar-refractivity contribution in [2.24, 2.45) is 0 Å². The fourth-order valence-corrected chi connectivity index (χ4v) is 3.63. The third-order valence-corrected chi connectivity index (χ3v) is 5.35. The van der Waals surface area contributed by atoms with Gasteiger partial charge >= 0.3 is 0 Å². The lowest BCUT2D eigenvalue weighted by atomic mass is 10.0. The first-order valence-electron chi connectivity index (χ1n) is 9.76. The van der Waals surface area contributed by atoms with Gasteiger partial charge in [0.15, 0.2) is 0 Å². The molecule has 1 N–H and O–H groups in total. The normalized spacial score (nSPS) is 18.5. The molecule has 1 heterocycles. The Morgan fingerprint density at radius 2 is 1.57 bits per heavy atom. The third-order valence-electron chi connectivity index (χ3n) is 5.35. The van der Waals surface area contributed by atoms with Crippen LogP contribution in [0, 0.1) is 5.82 Å². The number of benzene rings is 2. The van der Waals surface area contributed by atoms with Gasteiger partial charge in [-0.05, 0) is 42.7 Å². The van der Waals surface area contributed by atoms with E-state index < -0.39 is 6.04 Å². The van der Waals surface area contributed by atoms with Gasteiger partial charge in [-0.15, -0.1) is 0 Å². The molecule has 2 amide bonds. The minimum Gasteiger partial charge on any atom is -0.352 e. The molecule has 1 aliphatic carbocycles. The standard InChI is InChI=1S/C22H24FN3O2/c23-18-8-6-16(7-9-18)20(21(27)24-19-10-11-19)25-12-14-26(15-13-25)22(28)17-4-2-1-3-5-17/h1-9,19-20H,10-15H2,(H,24,27). The van der Waals surface area contributed by atoms with Gasteiger partial charge in [0.1, 0.15) is 11.9 Å². The molecule has 2 aromatic carbocycles. The Morgan fingerprint density at radius 3 is 2.18 bits per heavy atom. The fourth-order valence-electron chi connectivity index (χ4n) is 3.63. The van der Waals surface area contributed by atoms with Crippen molar-refractivity contribution >= 4 is 11.8 Å².